The number of benzene rings is 1. The average molecular weight is 551 g/mol. The summed E-state index contributed by atoms with van der Waals surface area (Å²) in [6.45, 7) is 1.71. The third-order valence-corrected chi connectivity index (χ3v) is 6.49. The van der Waals surface area contributed by atoms with Gasteiger partial charge in [0.05, 0.1) is 17.1 Å². The first-order valence-electron chi connectivity index (χ1n) is 11.8. The molecule has 0 bridgehead atoms. The Labute approximate surface area is 221 Å². The number of halogens is 4. The maximum absolute atomic E-state index is 14.3. The molecule has 1 aliphatic rings. The molecule has 202 valence electrons. The second-order valence-electron chi connectivity index (χ2n) is 9.14. The van der Waals surface area contributed by atoms with E-state index in [-0.39, 0.29) is 34.0 Å². The SMILES string of the molecule is Cc1ccn(-c2cc(Cl)ccc2C(Oc2cc(C3=CC[C@H](CC(N)C(=O)O)CC3)nc(N)n2)C(F)(F)F)n1. The molecule has 4 rings (SSSR count). The van der Waals surface area contributed by atoms with Crippen molar-refractivity contribution >= 4 is 29.1 Å². The first kappa shape index (κ1) is 27.4. The van der Waals surface area contributed by atoms with Gasteiger partial charge in [-0.15, -0.1) is 0 Å². The first-order chi connectivity index (χ1) is 17.9. The van der Waals surface area contributed by atoms with Gasteiger partial charge in [-0.25, -0.2) is 9.67 Å². The molecule has 3 aromatic rings. The lowest BCUT2D eigenvalue weighted by molar-refractivity contribution is -0.198. The van der Waals surface area contributed by atoms with E-state index in [2.05, 4.69) is 15.1 Å². The van der Waals surface area contributed by atoms with E-state index in [4.69, 9.17) is 32.9 Å². The third kappa shape index (κ3) is 6.43. The zero-order valence-corrected chi connectivity index (χ0v) is 21.1. The van der Waals surface area contributed by atoms with E-state index >= 15 is 0 Å². The van der Waals surface area contributed by atoms with Crippen LogP contribution in [0.4, 0.5) is 19.1 Å². The lowest BCUT2D eigenvalue weighted by Gasteiger charge is -2.25. The van der Waals surface area contributed by atoms with E-state index in [1.807, 2.05) is 6.08 Å². The molecule has 2 heterocycles. The summed E-state index contributed by atoms with van der Waals surface area (Å²) in [5.74, 6) is -1.57. The molecule has 1 aromatic carbocycles. The van der Waals surface area contributed by atoms with E-state index in [0.29, 0.717) is 37.1 Å². The number of carboxylic acid groups (broad SMARTS) is 1. The fourth-order valence-corrected chi connectivity index (χ4v) is 4.54. The van der Waals surface area contributed by atoms with Gasteiger partial charge in [0.1, 0.15) is 6.04 Å². The number of aliphatic carboxylic acids is 1. The number of hydrogen-bond donors (Lipinski definition) is 3. The number of anilines is 1. The smallest absolute Gasteiger partial charge is 0.429 e. The van der Waals surface area contributed by atoms with Crippen molar-refractivity contribution in [1.29, 1.82) is 0 Å². The lowest BCUT2D eigenvalue weighted by atomic mass is 9.84. The van der Waals surface area contributed by atoms with Gasteiger partial charge in [-0.2, -0.15) is 23.3 Å². The van der Waals surface area contributed by atoms with Crippen LogP contribution in [0.2, 0.25) is 5.02 Å². The second-order valence-corrected chi connectivity index (χ2v) is 9.58. The van der Waals surface area contributed by atoms with Crippen molar-refractivity contribution in [3.8, 4) is 11.6 Å². The number of hydrogen-bond acceptors (Lipinski definition) is 7. The number of nitrogen functional groups attached to an aromatic ring is 1. The summed E-state index contributed by atoms with van der Waals surface area (Å²) in [4.78, 5) is 19.1. The predicted molar refractivity (Wildman–Crippen MR) is 135 cm³/mol. The highest BCUT2D eigenvalue weighted by molar-refractivity contribution is 6.30. The van der Waals surface area contributed by atoms with Crippen LogP contribution in [0, 0.1) is 12.8 Å². The highest BCUT2D eigenvalue weighted by Crippen LogP contribution is 2.40. The Hall–Kier alpha value is -3.64. The maximum Gasteiger partial charge on any atom is 0.429 e. The summed E-state index contributed by atoms with van der Waals surface area (Å²) in [7, 11) is 0. The van der Waals surface area contributed by atoms with E-state index in [9.17, 15) is 18.0 Å². The minimum Gasteiger partial charge on any atom is -0.480 e. The standard InChI is InChI=1S/C25H26ClF3N6O3/c1-13-8-9-35(34-13)20-11-16(26)6-7-17(20)22(25(27,28)29)38-21-12-19(32-24(31)33-21)15-4-2-14(3-5-15)10-18(30)23(36)37/h4,6-9,11-12,14,18,22H,2-3,5,10,30H2,1H3,(H,36,37)(H2,31,32,33)/t14-,18?,22?/m0/s1. The Morgan fingerprint density at radius 3 is 2.66 bits per heavy atom. The number of nitrogens with two attached hydrogens (primary N) is 2. The molecule has 0 saturated carbocycles. The number of rotatable bonds is 8. The Balaban J connectivity index is 1.63. The molecule has 0 spiro atoms. The maximum atomic E-state index is 14.3. The predicted octanol–water partition coefficient (Wildman–Crippen LogP) is 4.87. The van der Waals surface area contributed by atoms with Gasteiger partial charge < -0.3 is 21.3 Å². The van der Waals surface area contributed by atoms with Crippen molar-refractivity contribution in [2.45, 2.75) is 50.9 Å². The summed E-state index contributed by atoms with van der Waals surface area (Å²) in [6, 6.07) is 5.99. The molecule has 2 unspecified atom stereocenters. The molecule has 9 nitrogen and oxygen atoms in total. The van der Waals surface area contributed by atoms with Crippen LogP contribution in [0.3, 0.4) is 0 Å². The third-order valence-electron chi connectivity index (χ3n) is 6.25. The van der Waals surface area contributed by atoms with Crippen molar-refractivity contribution < 1.29 is 27.8 Å². The molecule has 0 saturated heterocycles. The van der Waals surface area contributed by atoms with Gasteiger partial charge in [0.2, 0.25) is 17.9 Å². The van der Waals surface area contributed by atoms with Gasteiger partial charge in [-0.1, -0.05) is 23.7 Å². The van der Waals surface area contributed by atoms with Crippen LogP contribution in [0.25, 0.3) is 11.3 Å². The van der Waals surface area contributed by atoms with Crippen LogP contribution < -0.4 is 16.2 Å². The van der Waals surface area contributed by atoms with Gasteiger partial charge in [-0.3, -0.25) is 4.79 Å². The lowest BCUT2D eigenvalue weighted by Crippen LogP contribution is -2.32. The van der Waals surface area contributed by atoms with Crippen molar-refractivity contribution in [3.05, 3.63) is 64.6 Å². The van der Waals surface area contributed by atoms with Gasteiger partial charge in [0.25, 0.3) is 0 Å². The first-order valence-corrected chi connectivity index (χ1v) is 12.2. The summed E-state index contributed by atoms with van der Waals surface area (Å²) >= 11 is 6.09. The average Bonchev–Trinajstić information content (AvgIpc) is 3.28. The minimum absolute atomic E-state index is 0.0728. The molecule has 38 heavy (non-hydrogen) atoms. The summed E-state index contributed by atoms with van der Waals surface area (Å²) in [6.07, 6.45) is -1.76. The molecule has 0 amide bonds. The van der Waals surface area contributed by atoms with E-state index in [0.717, 1.165) is 5.57 Å². The van der Waals surface area contributed by atoms with Crippen LogP contribution >= 0.6 is 11.6 Å². The zero-order chi connectivity index (χ0) is 27.6. The van der Waals surface area contributed by atoms with E-state index in [1.54, 1.807) is 13.0 Å². The topological polar surface area (TPSA) is 142 Å². The Bertz CT molecular complexity index is 1360. The van der Waals surface area contributed by atoms with Gasteiger partial charge >= 0.3 is 12.1 Å². The summed E-state index contributed by atoms with van der Waals surface area (Å²) < 4.78 is 49.7. The molecule has 0 aliphatic heterocycles. The van der Waals surface area contributed by atoms with Crippen LogP contribution in [-0.2, 0) is 4.79 Å². The van der Waals surface area contributed by atoms with Crippen LogP contribution in [0.1, 0.15) is 48.7 Å². The number of aromatic nitrogens is 4. The molecule has 2 aromatic heterocycles. The Morgan fingerprint density at radius 1 is 1.29 bits per heavy atom. The van der Waals surface area contributed by atoms with E-state index < -0.39 is 24.3 Å². The molecule has 0 radical (unpaired) electrons. The van der Waals surface area contributed by atoms with E-state index in [1.165, 1.54) is 35.1 Å². The Kier molecular flexibility index (Phi) is 7.93. The summed E-state index contributed by atoms with van der Waals surface area (Å²) in [5, 5.41) is 13.5. The number of carbonyl (C=O) groups is 1. The van der Waals surface area contributed by atoms with Crippen molar-refractivity contribution in [2.24, 2.45) is 11.7 Å². The highest BCUT2D eigenvalue weighted by atomic mass is 35.5. The number of aryl methyl sites for hydroxylation is 1. The largest absolute Gasteiger partial charge is 0.480 e. The zero-order valence-electron chi connectivity index (χ0n) is 20.3. The molecular formula is C25H26ClF3N6O3. The molecule has 13 heteroatoms. The van der Waals surface area contributed by atoms with Crippen molar-refractivity contribution in [3.63, 3.8) is 0 Å². The van der Waals surface area contributed by atoms with Gasteiger partial charge in [-0.05, 0) is 62.3 Å². The monoisotopic (exact) mass is 550 g/mol. The second kappa shape index (κ2) is 11.0. The number of ether oxygens (including phenoxy) is 1. The molecule has 0 fully saturated rings. The fraction of sp³-hybridized carbons (Fsp3) is 0.360. The molecule has 3 atom stereocenters. The van der Waals surface area contributed by atoms with Crippen LogP contribution in [0.15, 0.2) is 42.6 Å². The Morgan fingerprint density at radius 2 is 2.05 bits per heavy atom. The summed E-state index contributed by atoms with van der Waals surface area (Å²) in [5.41, 5.74) is 13.1. The quantitative estimate of drug-likeness (QED) is 0.360. The van der Waals surface area contributed by atoms with Gasteiger partial charge in [0, 0.05) is 22.8 Å². The number of carboxylic acids is 1. The normalized spacial score (nSPS) is 17.5. The molecular weight excluding hydrogens is 525 g/mol. The number of nitrogens with zero attached hydrogens (tertiary/aromatic N) is 4. The molecule has 1 aliphatic carbocycles. The van der Waals surface area contributed by atoms with Crippen molar-refractivity contribution in [1.82, 2.24) is 19.7 Å². The molecule has 5 N–H and O–H groups in total. The fourth-order valence-electron chi connectivity index (χ4n) is 4.38. The van der Waals surface area contributed by atoms with Crippen molar-refractivity contribution in [2.75, 3.05) is 5.73 Å². The van der Waals surface area contributed by atoms with Crippen LogP contribution in [0.5, 0.6) is 5.88 Å². The number of allylic oxidation sites excluding steroid dienone is 2. The van der Waals surface area contributed by atoms with Crippen LogP contribution in [-0.4, -0.2) is 43.0 Å². The number of alkyl halides is 3. The van der Waals surface area contributed by atoms with Gasteiger partial charge in [0.15, 0.2) is 0 Å². The minimum atomic E-state index is -4.81. The highest BCUT2D eigenvalue weighted by Gasteiger charge is 2.45.